The van der Waals surface area contributed by atoms with Gasteiger partial charge in [0.05, 0.1) is 0 Å². The summed E-state index contributed by atoms with van der Waals surface area (Å²) >= 11 is 0. The monoisotopic (exact) mass is 88.1 g/mol. The summed E-state index contributed by atoms with van der Waals surface area (Å²) in [6.07, 6.45) is -0.481. The molecule has 1 heteroatoms. The van der Waals surface area contributed by atoms with E-state index in [1.165, 1.54) is 0 Å². The fourth-order valence-electron chi connectivity index (χ4n) is 0.602. The second-order valence-electron chi connectivity index (χ2n) is 2.16. The van der Waals surface area contributed by atoms with Gasteiger partial charge in [-0.3, -0.25) is 0 Å². The van der Waals surface area contributed by atoms with Crippen LogP contribution in [0.25, 0.3) is 0 Å². The molecule has 36 valence electrons. The molecule has 0 aromatic rings. The maximum Gasteiger partial charge on any atom is 0.106 e. The van der Waals surface area contributed by atoms with Gasteiger partial charge >= 0.3 is 0 Å². The second kappa shape index (κ2) is 0.955. The Morgan fingerprint density at radius 3 is 1.33 bits per heavy atom. The zero-order valence-electron chi connectivity index (χ0n) is 4.11. The van der Waals surface area contributed by atoms with Crippen LogP contribution in [0.15, 0.2) is 0 Å². The first-order valence-electron chi connectivity index (χ1n) is 2.37. The van der Waals surface area contributed by atoms with Crippen molar-refractivity contribution in [2.75, 3.05) is 0 Å². The third-order valence-corrected chi connectivity index (χ3v) is 1.69. The number of rotatable bonds is 0. The molecule has 0 amide bonds. The Hall–Kier alpha value is -0.0700. The lowest BCUT2D eigenvalue weighted by Crippen LogP contribution is -1.65. The molecule has 0 N–H and O–H groups in total. The number of halogens is 1. The fourth-order valence-corrected chi connectivity index (χ4v) is 0.602. The number of hydrogen-bond donors (Lipinski definition) is 0. The molecule has 1 saturated carbocycles. The van der Waals surface area contributed by atoms with Crippen LogP contribution >= 0.6 is 0 Å². The molecule has 0 bridgehead atoms. The summed E-state index contributed by atoms with van der Waals surface area (Å²) in [7, 11) is 0. The summed E-state index contributed by atoms with van der Waals surface area (Å²) in [4.78, 5) is 0. The van der Waals surface area contributed by atoms with Crippen LogP contribution in [0.3, 0.4) is 0 Å². The van der Waals surface area contributed by atoms with Gasteiger partial charge in [-0.2, -0.15) is 0 Å². The van der Waals surface area contributed by atoms with Gasteiger partial charge in [0.15, 0.2) is 0 Å². The quantitative estimate of drug-likeness (QED) is 0.422. The molecule has 1 fully saturated rings. The smallest absolute Gasteiger partial charge is 0.106 e. The van der Waals surface area contributed by atoms with Crippen LogP contribution in [-0.4, -0.2) is 6.17 Å². The van der Waals surface area contributed by atoms with Gasteiger partial charge in [0.1, 0.15) is 6.17 Å². The van der Waals surface area contributed by atoms with Gasteiger partial charge in [-0.25, -0.2) is 4.39 Å². The van der Waals surface area contributed by atoms with Crippen molar-refractivity contribution in [3.63, 3.8) is 0 Å². The first-order chi connectivity index (χ1) is 2.73. The highest BCUT2D eigenvalue weighted by atomic mass is 19.1. The van der Waals surface area contributed by atoms with E-state index in [1.54, 1.807) is 0 Å². The van der Waals surface area contributed by atoms with Gasteiger partial charge < -0.3 is 0 Å². The van der Waals surface area contributed by atoms with Crippen LogP contribution in [0.2, 0.25) is 0 Å². The molecule has 1 aliphatic carbocycles. The van der Waals surface area contributed by atoms with Crippen molar-refractivity contribution in [1.82, 2.24) is 0 Å². The Kier molecular flexibility index (Phi) is 0.652. The molecule has 0 saturated heterocycles. The molecule has 2 atom stereocenters. The Labute approximate surface area is 37.4 Å². The van der Waals surface area contributed by atoms with Crippen LogP contribution in [0.5, 0.6) is 0 Å². The lowest BCUT2D eigenvalue weighted by molar-refractivity contribution is 0.440. The highest BCUT2D eigenvalue weighted by Gasteiger charge is 2.43. The highest BCUT2D eigenvalue weighted by molar-refractivity contribution is 4.90. The average Bonchev–Trinajstić information content (AvgIpc) is 1.94. The van der Waals surface area contributed by atoms with Crippen LogP contribution in [0, 0.1) is 11.8 Å². The number of hydrogen-bond acceptors (Lipinski definition) is 0. The lowest BCUT2D eigenvalue weighted by Gasteiger charge is -1.64. The van der Waals surface area contributed by atoms with Crippen LogP contribution in [-0.2, 0) is 0 Å². The molecule has 2 unspecified atom stereocenters. The van der Waals surface area contributed by atoms with E-state index >= 15 is 0 Å². The molecule has 0 nitrogen and oxygen atoms in total. The maximum absolute atomic E-state index is 11.9. The third kappa shape index (κ3) is 0.342. The van der Waals surface area contributed by atoms with Crippen molar-refractivity contribution in [3.8, 4) is 0 Å². The van der Waals surface area contributed by atoms with Crippen molar-refractivity contribution in [2.24, 2.45) is 11.8 Å². The molecule has 0 radical (unpaired) electrons. The van der Waals surface area contributed by atoms with Crippen LogP contribution in [0.4, 0.5) is 4.39 Å². The highest BCUT2D eigenvalue weighted by Crippen LogP contribution is 2.40. The summed E-state index contributed by atoms with van der Waals surface area (Å²) in [6.45, 7) is 3.88. The molecule has 0 aromatic heterocycles. The van der Waals surface area contributed by atoms with Gasteiger partial charge in [-0.1, -0.05) is 13.8 Å². The first-order valence-corrected chi connectivity index (χ1v) is 2.37. The van der Waals surface area contributed by atoms with Crippen molar-refractivity contribution in [3.05, 3.63) is 0 Å². The molecule has 0 aliphatic heterocycles. The Balaban J connectivity index is 2.31. The summed E-state index contributed by atoms with van der Waals surface area (Å²) in [5.41, 5.74) is 0. The topological polar surface area (TPSA) is 0 Å². The van der Waals surface area contributed by atoms with Gasteiger partial charge in [0, 0.05) is 0 Å². The normalized spacial score (nSPS) is 55.5. The van der Waals surface area contributed by atoms with E-state index in [0.29, 0.717) is 11.8 Å². The molecule has 6 heavy (non-hydrogen) atoms. The van der Waals surface area contributed by atoms with E-state index < -0.39 is 6.17 Å². The standard InChI is InChI=1S/C5H9F/c1-3-4(2)5(3)6/h3-5H,1-2H3. The third-order valence-electron chi connectivity index (χ3n) is 1.69. The lowest BCUT2D eigenvalue weighted by atomic mass is 10.4. The predicted octanol–water partition coefficient (Wildman–Crippen LogP) is 1.61. The van der Waals surface area contributed by atoms with E-state index in [2.05, 4.69) is 0 Å². The van der Waals surface area contributed by atoms with E-state index in [-0.39, 0.29) is 0 Å². The molecule has 0 aromatic carbocycles. The van der Waals surface area contributed by atoms with Crippen molar-refractivity contribution in [1.29, 1.82) is 0 Å². The van der Waals surface area contributed by atoms with Gasteiger partial charge in [0.2, 0.25) is 0 Å². The Morgan fingerprint density at radius 2 is 1.33 bits per heavy atom. The summed E-state index contributed by atoms with van der Waals surface area (Å²) < 4.78 is 11.9. The van der Waals surface area contributed by atoms with Crippen LogP contribution < -0.4 is 0 Å². The van der Waals surface area contributed by atoms with Gasteiger partial charge in [-0.15, -0.1) is 0 Å². The van der Waals surface area contributed by atoms with E-state index in [9.17, 15) is 4.39 Å². The van der Waals surface area contributed by atoms with E-state index in [0.717, 1.165) is 0 Å². The first kappa shape index (κ1) is 4.10. The summed E-state index contributed by atoms with van der Waals surface area (Å²) in [5.74, 6) is 0.704. The Bertz CT molecular complexity index is 40.7. The minimum atomic E-state index is -0.481. The molecular weight excluding hydrogens is 79.1 g/mol. The summed E-state index contributed by atoms with van der Waals surface area (Å²) in [5, 5.41) is 0. The number of alkyl halides is 1. The van der Waals surface area contributed by atoms with Crippen molar-refractivity contribution in [2.45, 2.75) is 20.0 Å². The minimum absolute atomic E-state index is 0.352. The van der Waals surface area contributed by atoms with Crippen LogP contribution in [0.1, 0.15) is 13.8 Å². The molecular formula is C5H9F. The van der Waals surface area contributed by atoms with Gasteiger partial charge in [-0.05, 0) is 11.8 Å². The zero-order valence-corrected chi connectivity index (χ0v) is 4.11. The second-order valence-corrected chi connectivity index (χ2v) is 2.16. The fraction of sp³-hybridized carbons (Fsp3) is 1.00. The van der Waals surface area contributed by atoms with E-state index in [1.807, 2.05) is 13.8 Å². The van der Waals surface area contributed by atoms with E-state index in [4.69, 9.17) is 0 Å². The maximum atomic E-state index is 11.9. The Morgan fingerprint density at radius 1 is 1.17 bits per heavy atom. The molecule has 0 heterocycles. The van der Waals surface area contributed by atoms with Crippen molar-refractivity contribution < 1.29 is 4.39 Å². The molecule has 1 aliphatic rings. The SMILES string of the molecule is CC1C(C)C1F. The zero-order chi connectivity index (χ0) is 4.73. The van der Waals surface area contributed by atoms with Crippen molar-refractivity contribution >= 4 is 0 Å². The molecule has 1 rings (SSSR count). The predicted molar refractivity (Wildman–Crippen MR) is 23.2 cm³/mol. The largest absolute Gasteiger partial charge is 0.247 e. The average molecular weight is 88.1 g/mol. The van der Waals surface area contributed by atoms with Gasteiger partial charge in [0.25, 0.3) is 0 Å². The minimum Gasteiger partial charge on any atom is -0.247 e. The molecule has 0 spiro atoms. The summed E-state index contributed by atoms with van der Waals surface area (Å²) in [6, 6.07) is 0.